The SMILES string of the molecule is CC1CN(CCCCCCCl)C(C)CO1. The second-order valence-electron chi connectivity index (χ2n) is 4.59. The summed E-state index contributed by atoms with van der Waals surface area (Å²) >= 11 is 5.64. The van der Waals surface area contributed by atoms with Gasteiger partial charge in [-0.05, 0) is 33.2 Å². The third-order valence-electron chi connectivity index (χ3n) is 3.07. The van der Waals surface area contributed by atoms with Crippen LogP contribution < -0.4 is 0 Å². The Kier molecular flexibility index (Phi) is 6.62. The minimum absolute atomic E-state index is 0.407. The summed E-state index contributed by atoms with van der Waals surface area (Å²) in [6, 6.07) is 0.592. The molecular weight excluding hydrogens is 210 g/mol. The lowest BCUT2D eigenvalue weighted by atomic mass is 10.1. The van der Waals surface area contributed by atoms with Crippen molar-refractivity contribution in [2.45, 2.75) is 51.7 Å². The van der Waals surface area contributed by atoms with Crippen LogP contribution in [0, 0.1) is 0 Å². The Labute approximate surface area is 98.9 Å². The number of morpholine rings is 1. The molecule has 0 N–H and O–H groups in total. The molecule has 1 saturated heterocycles. The molecule has 3 heteroatoms. The summed E-state index contributed by atoms with van der Waals surface area (Å²) in [7, 11) is 0. The predicted molar refractivity (Wildman–Crippen MR) is 65.6 cm³/mol. The largest absolute Gasteiger partial charge is 0.376 e. The van der Waals surface area contributed by atoms with Crippen LogP contribution in [0.1, 0.15) is 39.5 Å². The molecule has 1 aliphatic rings. The summed E-state index contributed by atoms with van der Waals surface area (Å²) in [6.45, 7) is 7.62. The van der Waals surface area contributed by atoms with E-state index in [1.807, 2.05) is 0 Å². The lowest BCUT2D eigenvalue weighted by molar-refractivity contribution is -0.0496. The van der Waals surface area contributed by atoms with Gasteiger partial charge in [-0.2, -0.15) is 0 Å². The monoisotopic (exact) mass is 233 g/mol. The summed E-state index contributed by atoms with van der Waals surface area (Å²) < 4.78 is 5.61. The molecule has 0 radical (unpaired) electrons. The van der Waals surface area contributed by atoms with Crippen molar-refractivity contribution >= 4 is 11.6 Å². The van der Waals surface area contributed by atoms with Crippen LogP contribution in [-0.2, 0) is 4.74 Å². The van der Waals surface area contributed by atoms with Gasteiger partial charge in [0, 0.05) is 18.5 Å². The summed E-state index contributed by atoms with van der Waals surface area (Å²) in [5, 5.41) is 0. The lowest BCUT2D eigenvalue weighted by Gasteiger charge is -2.36. The molecule has 0 spiro atoms. The minimum atomic E-state index is 0.407. The van der Waals surface area contributed by atoms with Crippen LogP contribution in [0.5, 0.6) is 0 Å². The second-order valence-corrected chi connectivity index (χ2v) is 4.97. The Balaban J connectivity index is 2.08. The van der Waals surface area contributed by atoms with E-state index in [1.54, 1.807) is 0 Å². The molecule has 1 aliphatic heterocycles. The van der Waals surface area contributed by atoms with Gasteiger partial charge in [-0.25, -0.2) is 0 Å². The minimum Gasteiger partial charge on any atom is -0.376 e. The first-order valence-corrected chi connectivity index (χ1v) is 6.69. The van der Waals surface area contributed by atoms with Crippen molar-refractivity contribution in [3.63, 3.8) is 0 Å². The fourth-order valence-electron chi connectivity index (χ4n) is 2.05. The average Bonchev–Trinajstić information content (AvgIpc) is 2.23. The van der Waals surface area contributed by atoms with Crippen molar-refractivity contribution < 1.29 is 4.74 Å². The van der Waals surface area contributed by atoms with E-state index < -0.39 is 0 Å². The average molecular weight is 234 g/mol. The maximum absolute atomic E-state index is 5.64. The molecule has 2 unspecified atom stereocenters. The predicted octanol–water partition coefficient (Wildman–Crippen LogP) is 2.89. The van der Waals surface area contributed by atoms with E-state index in [0.717, 1.165) is 25.5 Å². The maximum Gasteiger partial charge on any atom is 0.0674 e. The lowest BCUT2D eigenvalue weighted by Crippen LogP contribution is -2.47. The first-order valence-electron chi connectivity index (χ1n) is 6.15. The van der Waals surface area contributed by atoms with E-state index in [0.29, 0.717) is 12.1 Å². The number of rotatable bonds is 6. The van der Waals surface area contributed by atoms with Gasteiger partial charge in [0.25, 0.3) is 0 Å². The fourth-order valence-corrected chi connectivity index (χ4v) is 2.24. The van der Waals surface area contributed by atoms with Crippen LogP contribution in [0.15, 0.2) is 0 Å². The first-order chi connectivity index (χ1) is 7.24. The summed E-state index contributed by atoms with van der Waals surface area (Å²) in [4.78, 5) is 2.55. The van der Waals surface area contributed by atoms with Crippen molar-refractivity contribution in [1.82, 2.24) is 4.90 Å². The van der Waals surface area contributed by atoms with E-state index in [-0.39, 0.29) is 0 Å². The molecule has 90 valence electrons. The Bertz CT molecular complexity index is 166. The van der Waals surface area contributed by atoms with Gasteiger partial charge < -0.3 is 4.74 Å². The number of hydrogen-bond acceptors (Lipinski definition) is 2. The van der Waals surface area contributed by atoms with E-state index in [2.05, 4.69) is 18.7 Å². The van der Waals surface area contributed by atoms with Crippen molar-refractivity contribution in [3.05, 3.63) is 0 Å². The molecule has 0 aromatic rings. The fraction of sp³-hybridized carbons (Fsp3) is 1.00. The molecule has 1 heterocycles. The molecule has 0 aliphatic carbocycles. The Hall–Kier alpha value is 0.210. The zero-order valence-electron chi connectivity index (χ0n) is 10.0. The van der Waals surface area contributed by atoms with E-state index in [1.165, 1.54) is 25.8 Å². The molecule has 15 heavy (non-hydrogen) atoms. The number of unbranched alkanes of at least 4 members (excludes halogenated alkanes) is 3. The van der Waals surface area contributed by atoms with Crippen molar-refractivity contribution in [2.75, 3.05) is 25.6 Å². The highest BCUT2D eigenvalue weighted by atomic mass is 35.5. The third kappa shape index (κ3) is 5.19. The van der Waals surface area contributed by atoms with Gasteiger partial charge in [-0.3, -0.25) is 4.90 Å². The van der Waals surface area contributed by atoms with Gasteiger partial charge in [0.05, 0.1) is 12.7 Å². The third-order valence-corrected chi connectivity index (χ3v) is 3.33. The Morgan fingerprint density at radius 3 is 2.67 bits per heavy atom. The van der Waals surface area contributed by atoms with Crippen molar-refractivity contribution in [1.29, 1.82) is 0 Å². The molecule has 1 rings (SSSR count). The number of ether oxygens (including phenoxy) is 1. The van der Waals surface area contributed by atoms with Gasteiger partial charge in [-0.1, -0.05) is 12.8 Å². The van der Waals surface area contributed by atoms with Gasteiger partial charge in [0.2, 0.25) is 0 Å². The van der Waals surface area contributed by atoms with E-state index in [9.17, 15) is 0 Å². The summed E-state index contributed by atoms with van der Waals surface area (Å²) in [5.74, 6) is 0.811. The molecule has 0 bridgehead atoms. The molecule has 0 aromatic heterocycles. The molecule has 0 saturated carbocycles. The summed E-state index contributed by atoms with van der Waals surface area (Å²) in [6.07, 6.45) is 5.46. The quantitative estimate of drug-likeness (QED) is 0.517. The molecule has 2 atom stereocenters. The van der Waals surface area contributed by atoms with Crippen LogP contribution in [-0.4, -0.2) is 42.6 Å². The van der Waals surface area contributed by atoms with Crippen LogP contribution in [0.2, 0.25) is 0 Å². The maximum atomic E-state index is 5.64. The zero-order valence-corrected chi connectivity index (χ0v) is 10.8. The Morgan fingerprint density at radius 1 is 1.20 bits per heavy atom. The Morgan fingerprint density at radius 2 is 1.93 bits per heavy atom. The van der Waals surface area contributed by atoms with E-state index in [4.69, 9.17) is 16.3 Å². The number of hydrogen-bond donors (Lipinski definition) is 0. The van der Waals surface area contributed by atoms with Crippen molar-refractivity contribution in [3.8, 4) is 0 Å². The molecule has 2 nitrogen and oxygen atoms in total. The molecule has 0 amide bonds. The standard InChI is InChI=1S/C12H24ClNO/c1-11-10-15-12(2)9-14(11)8-6-4-3-5-7-13/h11-12H,3-10H2,1-2H3. The zero-order chi connectivity index (χ0) is 11.1. The molecule has 0 aromatic carbocycles. The van der Waals surface area contributed by atoms with Crippen LogP contribution in [0.25, 0.3) is 0 Å². The second kappa shape index (κ2) is 7.48. The van der Waals surface area contributed by atoms with Gasteiger partial charge in [0.15, 0.2) is 0 Å². The van der Waals surface area contributed by atoms with Crippen LogP contribution in [0.3, 0.4) is 0 Å². The highest BCUT2D eigenvalue weighted by Gasteiger charge is 2.22. The normalized spacial score (nSPS) is 28.2. The van der Waals surface area contributed by atoms with Crippen LogP contribution >= 0.6 is 11.6 Å². The highest BCUT2D eigenvalue weighted by molar-refractivity contribution is 6.17. The first kappa shape index (κ1) is 13.3. The van der Waals surface area contributed by atoms with Gasteiger partial charge in [0.1, 0.15) is 0 Å². The highest BCUT2D eigenvalue weighted by Crippen LogP contribution is 2.12. The van der Waals surface area contributed by atoms with Crippen LogP contribution in [0.4, 0.5) is 0 Å². The van der Waals surface area contributed by atoms with E-state index >= 15 is 0 Å². The van der Waals surface area contributed by atoms with Gasteiger partial charge in [-0.15, -0.1) is 11.6 Å². The number of halogens is 1. The summed E-state index contributed by atoms with van der Waals surface area (Å²) in [5.41, 5.74) is 0. The topological polar surface area (TPSA) is 12.5 Å². The van der Waals surface area contributed by atoms with Crippen molar-refractivity contribution in [2.24, 2.45) is 0 Å². The van der Waals surface area contributed by atoms with Gasteiger partial charge >= 0.3 is 0 Å². The number of nitrogens with zero attached hydrogens (tertiary/aromatic N) is 1. The molecular formula is C12H24ClNO. The smallest absolute Gasteiger partial charge is 0.0674 e. The molecule has 1 fully saturated rings. The number of alkyl halides is 1.